The van der Waals surface area contributed by atoms with Crippen LogP contribution in [0, 0.1) is 0 Å². The molecule has 0 unspecified atom stereocenters. The van der Waals surface area contributed by atoms with Gasteiger partial charge in [0.25, 0.3) is 0 Å². The summed E-state index contributed by atoms with van der Waals surface area (Å²) in [7, 11) is 0. The number of ether oxygens (including phenoxy) is 1. The van der Waals surface area contributed by atoms with E-state index in [1.807, 2.05) is 19.1 Å². The van der Waals surface area contributed by atoms with Gasteiger partial charge in [-0.05, 0) is 24.6 Å². The van der Waals surface area contributed by atoms with Crippen LogP contribution in [0.3, 0.4) is 0 Å². The number of aliphatic hydroxyl groups is 1. The standard InChI is InChI=1S/C13H22N2O2/c1-2-17-13-5-3-12(4-6-13)11-15-8-7-14-9-10-16/h3-6,14-16H,2,7-11H2,1H3. The van der Waals surface area contributed by atoms with E-state index in [0.717, 1.165) is 25.4 Å². The first-order valence-corrected chi connectivity index (χ1v) is 6.11. The molecule has 0 aliphatic rings. The van der Waals surface area contributed by atoms with Crippen molar-refractivity contribution in [2.24, 2.45) is 0 Å². The summed E-state index contributed by atoms with van der Waals surface area (Å²) in [5.41, 5.74) is 1.25. The maximum atomic E-state index is 8.58. The highest BCUT2D eigenvalue weighted by molar-refractivity contribution is 5.27. The maximum absolute atomic E-state index is 8.58. The molecule has 0 aliphatic carbocycles. The third kappa shape index (κ3) is 6.26. The van der Waals surface area contributed by atoms with E-state index in [0.29, 0.717) is 13.2 Å². The summed E-state index contributed by atoms with van der Waals surface area (Å²) >= 11 is 0. The fourth-order valence-corrected chi connectivity index (χ4v) is 1.48. The topological polar surface area (TPSA) is 53.5 Å². The molecule has 0 amide bonds. The van der Waals surface area contributed by atoms with Crippen molar-refractivity contribution in [3.63, 3.8) is 0 Å². The summed E-state index contributed by atoms with van der Waals surface area (Å²) in [6.07, 6.45) is 0. The highest BCUT2D eigenvalue weighted by Gasteiger charge is 1.94. The Hall–Kier alpha value is -1.10. The summed E-state index contributed by atoms with van der Waals surface area (Å²) in [6, 6.07) is 8.12. The number of hydrogen-bond donors (Lipinski definition) is 3. The molecule has 96 valence electrons. The zero-order chi connectivity index (χ0) is 12.3. The summed E-state index contributed by atoms with van der Waals surface area (Å²) in [5, 5.41) is 15.0. The Morgan fingerprint density at radius 2 is 1.76 bits per heavy atom. The molecule has 0 bridgehead atoms. The predicted octanol–water partition coefficient (Wildman–Crippen LogP) is 0.757. The van der Waals surface area contributed by atoms with Gasteiger partial charge in [0.15, 0.2) is 0 Å². The van der Waals surface area contributed by atoms with Gasteiger partial charge in [-0.3, -0.25) is 0 Å². The number of hydrogen-bond acceptors (Lipinski definition) is 4. The third-order valence-corrected chi connectivity index (χ3v) is 2.33. The van der Waals surface area contributed by atoms with E-state index in [-0.39, 0.29) is 6.61 Å². The van der Waals surface area contributed by atoms with Gasteiger partial charge in [-0.1, -0.05) is 12.1 Å². The summed E-state index contributed by atoms with van der Waals surface area (Å²) in [5.74, 6) is 0.917. The maximum Gasteiger partial charge on any atom is 0.119 e. The van der Waals surface area contributed by atoms with Crippen LogP contribution < -0.4 is 15.4 Å². The number of rotatable bonds is 9. The zero-order valence-corrected chi connectivity index (χ0v) is 10.4. The first kappa shape index (κ1) is 14.0. The van der Waals surface area contributed by atoms with Gasteiger partial charge in [-0.25, -0.2) is 0 Å². The van der Waals surface area contributed by atoms with Crippen LogP contribution in [0.25, 0.3) is 0 Å². The second-order valence-electron chi connectivity index (χ2n) is 3.73. The van der Waals surface area contributed by atoms with E-state index >= 15 is 0 Å². The molecule has 0 atom stereocenters. The lowest BCUT2D eigenvalue weighted by Crippen LogP contribution is -2.28. The fourth-order valence-electron chi connectivity index (χ4n) is 1.48. The van der Waals surface area contributed by atoms with E-state index in [1.54, 1.807) is 0 Å². The van der Waals surface area contributed by atoms with Gasteiger partial charge >= 0.3 is 0 Å². The molecule has 0 heterocycles. The molecule has 0 spiro atoms. The average Bonchev–Trinajstić information content (AvgIpc) is 2.36. The average molecular weight is 238 g/mol. The van der Waals surface area contributed by atoms with Crippen molar-refractivity contribution < 1.29 is 9.84 Å². The molecule has 3 N–H and O–H groups in total. The van der Waals surface area contributed by atoms with Crippen molar-refractivity contribution >= 4 is 0 Å². The molecule has 17 heavy (non-hydrogen) atoms. The highest BCUT2D eigenvalue weighted by Crippen LogP contribution is 2.11. The predicted molar refractivity (Wildman–Crippen MR) is 69.3 cm³/mol. The largest absolute Gasteiger partial charge is 0.494 e. The smallest absolute Gasteiger partial charge is 0.119 e. The quantitative estimate of drug-likeness (QED) is 0.556. The van der Waals surface area contributed by atoms with Gasteiger partial charge in [-0.2, -0.15) is 0 Å². The molecule has 0 fully saturated rings. The van der Waals surface area contributed by atoms with Crippen LogP contribution in [0.2, 0.25) is 0 Å². The second kappa shape index (κ2) is 8.98. The Morgan fingerprint density at radius 1 is 1.06 bits per heavy atom. The minimum Gasteiger partial charge on any atom is -0.494 e. The molecule has 0 aliphatic heterocycles. The van der Waals surface area contributed by atoms with Crippen LogP contribution in [0.5, 0.6) is 5.75 Å². The molecule has 1 rings (SSSR count). The fraction of sp³-hybridized carbons (Fsp3) is 0.538. The van der Waals surface area contributed by atoms with Gasteiger partial charge < -0.3 is 20.5 Å². The Balaban J connectivity index is 2.14. The van der Waals surface area contributed by atoms with Gasteiger partial charge in [0.05, 0.1) is 13.2 Å². The Labute approximate surface area is 103 Å². The van der Waals surface area contributed by atoms with Crippen LogP contribution in [0.15, 0.2) is 24.3 Å². The van der Waals surface area contributed by atoms with Gasteiger partial charge in [0.2, 0.25) is 0 Å². The van der Waals surface area contributed by atoms with E-state index in [1.165, 1.54) is 5.56 Å². The van der Waals surface area contributed by atoms with Crippen molar-refractivity contribution in [3.8, 4) is 5.75 Å². The lowest BCUT2D eigenvalue weighted by molar-refractivity contribution is 0.292. The first-order chi connectivity index (χ1) is 8.36. The normalized spacial score (nSPS) is 10.5. The van der Waals surface area contributed by atoms with Crippen LogP contribution in [0.1, 0.15) is 12.5 Å². The molecule has 0 aromatic heterocycles. The number of aliphatic hydroxyl groups excluding tert-OH is 1. The van der Waals surface area contributed by atoms with Crippen molar-refractivity contribution in [2.75, 3.05) is 32.8 Å². The van der Waals surface area contributed by atoms with E-state index < -0.39 is 0 Å². The Kier molecular flexibility index (Phi) is 7.38. The monoisotopic (exact) mass is 238 g/mol. The SMILES string of the molecule is CCOc1ccc(CNCCNCCO)cc1. The van der Waals surface area contributed by atoms with Gasteiger partial charge in [0.1, 0.15) is 5.75 Å². The van der Waals surface area contributed by atoms with Crippen molar-refractivity contribution in [1.82, 2.24) is 10.6 Å². The molecule has 0 saturated carbocycles. The Morgan fingerprint density at radius 3 is 2.41 bits per heavy atom. The molecule has 0 radical (unpaired) electrons. The first-order valence-electron chi connectivity index (χ1n) is 6.11. The van der Waals surface area contributed by atoms with Gasteiger partial charge in [-0.15, -0.1) is 0 Å². The highest BCUT2D eigenvalue weighted by atomic mass is 16.5. The van der Waals surface area contributed by atoms with Crippen molar-refractivity contribution in [2.45, 2.75) is 13.5 Å². The summed E-state index contributed by atoms with van der Waals surface area (Å²) < 4.78 is 5.38. The molecule has 0 saturated heterocycles. The van der Waals surface area contributed by atoms with E-state index in [4.69, 9.17) is 9.84 Å². The molecular formula is C13H22N2O2. The van der Waals surface area contributed by atoms with Gasteiger partial charge in [0, 0.05) is 26.2 Å². The van der Waals surface area contributed by atoms with Crippen LogP contribution in [-0.4, -0.2) is 38.0 Å². The molecule has 4 heteroatoms. The Bertz CT molecular complexity index is 288. The lowest BCUT2D eigenvalue weighted by Gasteiger charge is -2.07. The second-order valence-corrected chi connectivity index (χ2v) is 3.73. The van der Waals surface area contributed by atoms with E-state index in [2.05, 4.69) is 22.8 Å². The van der Waals surface area contributed by atoms with Crippen molar-refractivity contribution in [3.05, 3.63) is 29.8 Å². The summed E-state index contributed by atoms with van der Waals surface area (Å²) in [6.45, 7) is 6.16. The van der Waals surface area contributed by atoms with Crippen molar-refractivity contribution in [1.29, 1.82) is 0 Å². The molecular weight excluding hydrogens is 216 g/mol. The van der Waals surface area contributed by atoms with Crippen LogP contribution in [-0.2, 0) is 6.54 Å². The minimum atomic E-state index is 0.193. The minimum absolute atomic E-state index is 0.193. The lowest BCUT2D eigenvalue weighted by atomic mass is 10.2. The third-order valence-electron chi connectivity index (χ3n) is 2.33. The number of nitrogens with one attached hydrogen (secondary N) is 2. The molecule has 4 nitrogen and oxygen atoms in total. The number of benzene rings is 1. The molecule has 1 aromatic rings. The van der Waals surface area contributed by atoms with E-state index in [9.17, 15) is 0 Å². The zero-order valence-electron chi connectivity index (χ0n) is 10.4. The van der Waals surface area contributed by atoms with Crippen LogP contribution in [0.4, 0.5) is 0 Å². The molecule has 1 aromatic carbocycles. The van der Waals surface area contributed by atoms with Crippen LogP contribution >= 0.6 is 0 Å². The summed E-state index contributed by atoms with van der Waals surface area (Å²) in [4.78, 5) is 0.